The molecule has 68 valence electrons. The molecule has 0 saturated heterocycles. The largest absolute Gasteiger partial charge is 0.480 e. The van der Waals surface area contributed by atoms with Gasteiger partial charge in [0.2, 0.25) is 0 Å². The van der Waals surface area contributed by atoms with Crippen molar-refractivity contribution in [2.24, 2.45) is 0 Å². The molecule has 0 saturated carbocycles. The highest BCUT2D eigenvalue weighted by Crippen LogP contribution is 2.18. The van der Waals surface area contributed by atoms with Gasteiger partial charge in [-0.25, -0.2) is 0 Å². The van der Waals surface area contributed by atoms with Gasteiger partial charge in [-0.2, -0.15) is 0 Å². The number of carboxylic acid groups (broad SMARTS) is 1. The normalized spacial score (nSPS) is 11.8. The average molecular weight is 208 g/mol. The number of hydrogen-bond donors (Lipinski definition) is 2. The molecule has 0 aliphatic rings. The summed E-state index contributed by atoms with van der Waals surface area (Å²) in [6, 6.07) is 3.09. The van der Waals surface area contributed by atoms with E-state index in [9.17, 15) is 4.79 Å². The first kappa shape index (κ1) is 11.4. The summed E-state index contributed by atoms with van der Waals surface area (Å²) in [5.74, 6) is -0.838. The molecule has 3 nitrogen and oxygen atoms in total. The Balaban J connectivity index is 0.00000121. The van der Waals surface area contributed by atoms with Crippen LogP contribution in [0.3, 0.4) is 0 Å². The maximum atomic E-state index is 10.6. The summed E-state index contributed by atoms with van der Waals surface area (Å²) in [5.41, 5.74) is 0. The van der Waals surface area contributed by atoms with Gasteiger partial charge in [-0.15, -0.1) is 23.7 Å². The molecule has 0 fully saturated rings. The Morgan fingerprint density at radius 1 is 1.75 bits per heavy atom. The van der Waals surface area contributed by atoms with Crippen molar-refractivity contribution in [1.29, 1.82) is 0 Å². The lowest BCUT2D eigenvalue weighted by Gasteiger charge is -2.07. The molecule has 1 aromatic heterocycles. The minimum atomic E-state index is -0.838. The molecule has 12 heavy (non-hydrogen) atoms. The number of hydrogen-bond acceptors (Lipinski definition) is 3. The van der Waals surface area contributed by atoms with Crippen LogP contribution in [0.1, 0.15) is 10.9 Å². The molecule has 1 atom stereocenters. The van der Waals surface area contributed by atoms with E-state index in [1.54, 1.807) is 13.1 Å². The molecule has 1 aromatic rings. The number of carboxylic acids is 1. The predicted octanol–water partition coefficient (Wildman–Crippen LogP) is 1.51. The zero-order valence-corrected chi connectivity index (χ0v) is 8.11. The van der Waals surface area contributed by atoms with E-state index in [2.05, 4.69) is 5.32 Å². The number of rotatable bonds is 3. The van der Waals surface area contributed by atoms with E-state index in [4.69, 9.17) is 5.11 Å². The van der Waals surface area contributed by atoms with Gasteiger partial charge in [0.05, 0.1) is 0 Å². The van der Waals surface area contributed by atoms with Crippen LogP contribution in [0.15, 0.2) is 17.5 Å². The highest BCUT2D eigenvalue weighted by Gasteiger charge is 2.17. The van der Waals surface area contributed by atoms with Gasteiger partial charge in [0.25, 0.3) is 0 Å². The third kappa shape index (κ3) is 2.48. The monoisotopic (exact) mass is 207 g/mol. The van der Waals surface area contributed by atoms with E-state index < -0.39 is 12.0 Å². The third-order valence-corrected chi connectivity index (χ3v) is 2.30. The molecule has 0 spiro atoms. The fraction of sp³-hybridized carbons (Fsp3) is 0.286. The van der Waals surface area contributed by atoms with E-state index in [1.807, 2.05) is 11.4 Å². The molecule has 2 N–H and O–H groups in total. The fourth-order valence-electron chi connectivity index (χ4n) is 0.843. The second-order valence-electron chi connectivity index (χ2n) is 2.08. The van der Waals surface area contributed by atoms with Crippen molar-refractivity contribution in [3.63, 3.8) is 0 Å². The SMILES string of the molecule is CNC(C(=O)O)c1cccs1.Cl. The van der Waals surface area contributed by atoms with Crippen LogP contribution in [-0.4, -0.2) is 18.1 Å². The van der Waals surface area contributed by atoms with Crippen molar-refractivity contribution in [3.05, 3.63) is 22.4 Å². The minimum Gasteiger partial charge on any atom is -0.480 e. The van der Waals surface area contributed by atoms with Crippen LogP contribution in [0.5, 0.6) is 0 Å². The van der Waals surface area contributed by atoms with Gasteiger partial charge < -0.3 is 10.4 Å². The van der Waals surface area contributed by atoms with Crippen LogP contribution in [-0.2, 0) is 4.79 Å². The Kier molecular flexibility index (Phi) is 4.89. The summed E-state index contributed by atoms with van der Waals surface area (Å²) in [4.78, 5) is 11.4. The van der Waals surface area contributed by atoms with E-state index in [0.717, 1.165) is 4.88 Å². The maximum Gasteiger partial charge on any atom is 0.326 e. The second-order valence-corrected chi connectivity index (χ2v) is 3.05. The van der Waals surface area contributed by atoms with Gasteiger partial charge in [0.15, 0.2) is 0 Å². The third-order valence-electron chi connectivity index (χ3n) is 1.36. The molecular formula is C7H10ClNO2S. The molecule has 1 rings (SSSR count). The number of nitrogens with one attached hydrogen (secondary N) is 1. The van der Waals surface area contributed by atoms with Crippen LogP contribution >= 0.6 is 23.7 Å². The van der Waals surface area contributed by atoms with Crippen molar-refractivity contribution in [1.82, 2.24) is 5.32 Å². The van der Waals surface area contributed by atoms with Crippen molar-refractivity contribution < 1.29 is 9.90 Å². The number of aliphatic carboxylic acids is 1. The molecule has 0 radical (unpaired) electrons. The van der Waals surface area contributed by atoms with Gasteiger partial charge in [0.1, 0.15) is 6.04 Å². The molecule has 0 aliphatic heterocycles. The highest BCUT2D eigenvalue weighted by atomic mass is 35.5. The first-order chi connectivity index (χ1) is 5.25. The Labute approximate surface area is 80.8 Å². The summed E-state index contributed by atoms with van der Waals surface area (Å²) in [6.45, 7) is 0. The summed E-state index contributed by atoms with van der Waals surface area (Å²) in [5, 5.41) is 13.3. The number of thiophene rings is 1. The van der Waals surface area contributed by atoms with Crippen molar-refractivity contribution >= 4 is 29.7 Å². The Morgan fingerprint density at radius 2 is 2.42 bits per heavy atom. The first-order valence-corrected chi connectivity index (χ1v) is 4.07. The minimum absolute atomic E-state index is 0. The summed E-state index contributed by atoms with van der Waals surface area (Å²) >= 11 is 1.44. The lowest BCUT2D eigenvalue weighted by Crippen LogP contribution is -2.23. The lowest BCUT2D eigenvalue weighted by atomic mass is 10.2. The van der Waals surface area contributed by atoms with Crippen LogP contribution < -0.4 is 5.32 Å². The van der Waals surface area contributed by atoms with Crippen LogP contribution in [0.25, 0.3) is 0 Å². The van der Waals surface area contributed by atoms with E-state index in [0.29, 0.717) is 0 Å². The molecule has 0 aliphatic carbocycles. The van der Waals surface area contributed by atoms with Crippen molar-refractivity contribution in [2.45, 2.75) is 6.04 Å². The van der Waals surface area contributed by atoms with Crippen LogP contribution in [0, 0.1) is 0 Å². The van der Waals surface area contributed by atoms with Crippen molar-refractivity contribution in [2.75, 3.05) is 7.05 Å². The lowest BCUT2D eigenvalue weighted by molar-refractivity contribution is -0.139. The molecule has 0 amide bonds. The summed E-state index contributed by atoms with van der Waals surface area (Å²) in [6.07, 6.45) is 0. The van der Waals surface area contributed by atoms with E-state index in [-0.39, 0.29) is 12.4 Å². The quantitative estimate of drug-likeness (QED) is 0.790. The fourth-order valence-corrected chi connectivity index (χ4v) is 1.67. The average Bonchev–Trinajstić information content (AvgIpc) is 2.40. The molecule has 0 aromatic carbocycles. The predicted molar refractivity (Wildman–Crippen MR) is 51.0 cm³/mol. The Bertz CT molecular complexity index is 238. The topological polar surface area (TPSA) is 49.3 Å². The Morgan fingerprint density at radius 3 is 2.75 bits per heavy atom. The number of halogens is 1. The van der Waals surface area contributed by atoms with Gasteiger partial charge in [-0.3, -0.25) is 4.79 Å². The number of likely N-dealkylation sites (N-methyl/N-ethyl adjacent to an activating group) is 1. The molecule has 0 bridgehead atoms. The smallest absolute Gasteiger partial charge is 0.326 e. The standard InChI is InChI=1S/C7H9NO2S.ClH/c1-8-6(7(9)10)5-3-2-4-11-5;/h2-4,6,8H,1H3,(H,9,10);1H. The van der Waals surface area contributed by atoms with Gasteiger partial charge in [0, 0.05) is 4.88 Å². The maximum absolute atomic E-state index is 10.6. The molecular weight excluding hydrogens is 198 g/mol. The van der Waals surface area contributed by atoms with Crippen molar-refractivity contribution in [3.8, 4) is 0 Å². The molecule has 1 unspecified atom stereocenters. The van der Waals surface area contributed by atoms with Gasteiger partial charge >= 0.3 is 5.97 Å². The molecule has 1 heterocycles. The summed E-state index contributed by atoms with van der Waals surface area (Å²) in [7, 11) is 1.64. The van der Waals surface area contributed by atoms with E-state index >= 15 is 0 Å². The first-order valence-electron chi connectivity index (χ1n) is 3.19. The number of carbonyl (C=O) groups is 1. The Hall–Kier alpha value is -0.580. The summed E-state index contributed by atoms with van der Waals surface area (Å²) < 4.78 is 0. The van der Waals surface area contributed by atoms with Crippen LogP contribution in [0.4, 0.5) is 0 Å². The van der Waals surface area contributed by atoms with E-state index in [1.165, 1.54) is 11.3 Å². The zero-order chi connectivity index (χ0) is 8.27. The second kappa shape index (κ2) is 5.13. The highest BCUT2D eigenvalue weighted by molar-refractivity contribution is 7.10. The van der Waals surface area contributed by atoms with Crippen LogP contribution in [0.2, 0.25) is 0 Å². The van der Waals surface area contributed by atoms with Gasteiger partial charge in [-0.05, 0) is 18.5 Å². The zero-order valence-electron chi connectivity index (χ0n) is 6.48. The van der Waals surface area contributed by atoms with Gasteiger partial charge in [-0.1, -0.05) is 6.07 Å². The molecule has 5 heteroatoms.